The van der Waals surface area contributed by atoms with Crippen LogP contribution in [0.4, 0.5) is 17.1 Å². The summed E-state index contributed by atoms with van der Waals surface area (Å²) < 4.78 is 5.33. The highest BCUT2D eigenvalue weighted by atomic mass is 15.2. The minimum Gasteiger partial charge on any atom is -0.311 e. The first kappa shape index (κ1) is 43.6. The molecule has 17 rings (SSSR count). The molecule has 0 spiro atoms. The van der Waals surface area contributed by atoms with Crippen LogP contribution in [0.15, 0.2) is 194 Å². The van der Waals surface area contributed by atoms with Crippen LogP contribution in [0, 0.1) is 0 Å². The Morgan fingerprint density at radius 2 is 1.00 bits per heavy atom. The lowest BCUT2D eigenvalue weighted by Gasteiger charge is -2.41. The van der Waals surface area contributed by atoms with Crippen LogP contribution in [0.5, 0.6) is 0 Å². The number of hydrogen-bond donors (Lipinski definition) is 0. The van der Waals surface area contributed by atoms with E-state index in [0.717, 1.165) is 11.4 Å². The fourth-order valence-corrected chi connectivity index (χ4v) is 15.2. The molecule has 4 heterocycles. The lowest BCUT2D eigenvalue weighted by Crippen LogP contribution is -2.60. The molecule has 77 heavy (non-hydrogen) atoms. The van der Waals surface area contributed by atoms with Gasteiger partial charge in [-0.05, 0) is 153 Å². The number of nitrogens with zero attached hydrogens (tertiary/aromatic N) is 3. The van der Waals surface area contributed by atoms with Gasteiger partial charge in [-0.3, -0.25) is 0 Å². The number of benzene rings is 11. The van der Waals surface area contributed by atoms with Gasteiger partial charge in [-0.1, -0.05) is 201 Å². The zero-order valence-corrected chi connectivity index (χ0v) is 44.9. The second kappa shape index (κ2) is 14.5. The molecule has 0 unspecified atom stereocenters. The predicted molar refractivity (Wildman–Crippen MR) is 329 cm³/mol. The maximum atomic E-state index is 2.72. The van der Waals surface area contributed by atoms with E-state index in [1.807, 2.05) is 0 Å². The lowest BCUT2D eigenvalue weighted by molar-refractivity contribution is 0.590. The van der Waals surface area contributed by atoms with E-state index in [1.54, 1.807) is 0 Å². The molecule has 11 aromatic carbocycles. The Morgan fingerprint density at radius 1 is 0.390 bits per heavy atom. The number of rotatable bonds is 2. The van der Waals surface area contributed by atoms with Crippen molar-refractivity contribution in [1.29, 1.82) is 0 Å². The van der Waals surface area contributed by atoms with Crippen molar-refractivity contribution in [3.8, 4) is 44.8 Å². The summed E-state index contributed by atoms with van der Waals surface area (Å²) in [6.07, 6.45) is 0. The molecular weight excluding hydrogens is 930 g/mol. The van der Waals surface area contributed by atoms with Gasteiger partial charge in [0.2, 0.25) is 0 Å². The highest BCUT2D eigenvalue weighted by Gasteiger charge is 2.47. The molecule has 3 nitrogen and oxygen atoms in total. The Kier molecular flexibility index (Phi) is 8.19. The van der Waals surface area contributed by atoms with Crippen LogP contribution in [-0.2, 0) is 16.2 Å². The lowest BCUT2D eigenvalue weighted by atomic mass is 9.33. The normalized spacial score (nSPS) is 14.5. The monoisotopic (exact) mass is 985 g/mol. The van der Waals surface area contributed by atoms with Crippen LogP contribution in [0.3, 0.4) is 0 Å². The SMILES string of the molecule is CC(C)(C)c1ccc(N2c3ccc(C(C)(C)C)cc3B3c4c2cc(-n2c5cccc6c5c5c7c(cccc7ccc52)-c2ccccc2-6)cc4-n2c4ccc5ccccc5c4c4c5c(cc3c42)-c2ccccc2C5(C)C)cc1. The average molecular weight is 986 g/mol. The molecule has 0 radical (unpaired) electrons. The van der Waals surface area contributed by atoms with Crippen molar-refractivity contribution in [2.75, 3.05) is 4.90 Å². The highest BCUT2D eigenvalue weighted by Crippen LogP contribution is 2.56. The van der Waals surface area contributed by atoms with Crippen molar-refractivity contribution in [1.82, 2.24) is 9.13 Å². The van der Waals surface area contributed by atoms with Gasteiger partial charge in [0.25, 0.3) is 6.71 Å². The molecular formula is C73H56BN3. The van der Waals surface area contributed by atoms with Crippen molar-refractivity contribution in [3.05, 3.63) is 216 Å². The van der Waals surface area contributed by atoms with Crippen LogP contribution in [0.2, 0.25) is 0 Å². The number of hydrogen-bond acceptors (Lipinski definition) is 1. The highest BCUT2D eigenvalue weighted by molar-refractivity contribution is 7.00. The van der Waals surface area contributed by atoms with Crippen molar-refractivity contribution in [2.45, 2.75) is 71.6 Å². The predicted octanol–water partition coefficient (Wildman–Crippen LogP) is 17.3. The number of aromatic nitrogens is 2. The molecule has 0 atom stereocenters. The molecule has 0 fully saturated rings. The molecule has 0 N–H and O–H groups in total. The van der Waals surface area contributed by atoms with Crippen molar-refractivity contribution >= 4 is 105 Å². The average Bonchev–Trinajstić information content (AvgIpc) is 2.66. The second-order valence-electron chi connectivity index (χ2n) is 25.2. The van der Waals surface area contributed by atoms with E-state index in [0.29, 0.717) is 0 Å². The first-order valence-electron chi connectivity index (χ1n) is 27.7. The third-order valence-corrected chi connectivity index (χ3v) is 18.7. The Morgan fingerprint density at radius 3 is 1.77 bits per heavy atom. The van der Waals surface area contributed by atoms with Crippen LogP contribution in [-0.4, -0.2) is 15.8 Å². The molecule has 4 heteroatoms. The quantitative estimate of drug-likeness (QED) is 0.157. The smallest absolute Gasteiger partial charge is 0.252 e. The summed E-state index contributed by atoms with van der Waals surface area (Å²) in [6.45, 7) is 18.9. The Labute approximate surface area is 449 Å². The van der Waals surface area contributed by atoms with E-state index >= 15 is 0 Å². The summed E-state index contributed by atoms with van der Waals surface area (Å²) >= 11 is 0. The zero-order valence-electron chi connectivity index (χ0n) is 44.9. The summed E-state index contributed by atoms with van der Waals surface area (Å²) in [7, 11) is 0. The summed E-state index contributed by atoms with van der Waals surface area (Å²) in [5, 5.41) is 10.5. The molecule has 4 aliphatic rings. The Hall–Kier alpha value is -8.60. The maximum Gasteiger partial charge on any atom is 0.252 e. The third kappa shape index (κ3) is 5.48. The molecule has 13 aromatic rings. The standard InChI is InChI=1S/C73H56BN3/c1-71(2,3)43-29-32-45(33-30-43)75-57-36-31-44(72(4,5)6)37-55(57)74-56-40-53-50-22-13-14-25-54(50)73(7,8)68(53)67-64-47-19-10-9-17-41(47)27-34-59(64)77(70(56)67)62-39-46(38-61(75)69(62)74)76-58-26-16-24-52-49-21-12-11-20-48(49)51-23-15-18-42-28-35-60(76)66(63(42)51)65(52)58/h9-40H,1-8H3. The molecule has 366 valence electrons. The molecule has 0 amide bonds. The Balaban J connectivity index is 1.08. The minimum absolute atomic E-state index is 0.00875. The molecule has 0 saturated heterocycles. The van der Waals surface area contributed by atoms with E-state index in [1.165, 1.54) is 154 Å². The van der Waals surface area contributed by atoms with Gasteiger partial charge in [0.15, 0.2) is 0 Å². The molecule has 2 aliphatic heterocycles. The van der Waals surface area contributed by atoms with E-state index < -0.39 is 0 Å². The van der Waals surface area contributed by atoms with E-state index in [9.17, 15) is 0 Å². The molecule has 0 saturated carbocycles. The number of fused-ring (bicyclic) bond motifs is 16. The van der Waals surface area contributed by atoms with Gasteiger partial charge in [-0.25, -0.2) is 0 Å². The van der Waals surface area contributed by atoms with E-state index in [4.69, 9.17) is 0 Å². The summed E-state index contributed by atoms with van der Waals surface area (Å²) in [5.41, 5.74) is 28.2. The Bertz CT molecular complexity index is 4850. The van der Waals surface area contributed by atoms with E-state index in [-0.39, 0.29) is 23.0 Å². The maximum absolute atomic E-state index is 2.72. The first-order chi connectivity index (χ1) is 37.3. The van der Waals surface area contributed by atoms with Crippen LogP contribution in [0.25, 0.3) is 110 Å². The summed E-state index contributed by atoms with van der Waals surface area (Å²) in [6, 6.07) is 75.5. The second-order valence-corrected chi connectivity index (χ2v) is 25.2. The van der Waals surface area contributed by atoms with Crippen LogP contribution in [0.1, 0.15) is 77.6 Å². The van der Waals surface area contributed by atoms with Crippen LogP contribution >= 0.6 is 0 Å². The topological polar surface area (TPSA) is 13.1 Å². The van der Waals surface area contributed by atoms with Gasteiger partial charge < -0.3 is 14.0 Å². The van der Waals surface area contributed by atoms with Gasteiger partial charge >= 0.3 is 0 Å². The van der Waals surface area contributed by atoms with Crippen molar-refractivity contribution in [3.63, 3.8) is 0 Å². The van der Waals surface area contributed by atoms with Gasteiger partial charge in [-0.2, -0.15) is 0 Å². The fraction of sp³-hybridized carbons (Fsp3) is 0.151. The van der Waals surface area contributed by atoms with Crippen molar-refractivity contribution in [2.24, 2.45) is 0 Å². The van der Waals surface area contributed by atoms with Crippen molar-refractivity contribution < 1.29 is 0 Å². The summed E-state index contributed by atoms with van der Waals surface area (Å²) in [4.78, 5) is 2.62. The molecule has 0 bridgehead atoms. The zero-order chi connectivity index (χ0) is 51.8. The largest absolute Gasteiger partial charge is 0.311 e. The van der Waals surface area contributed by atoms with Gasteiger partial charge in [0.05, 0.1) is 22.2 Å². The van der Waals surface area contributed by atoms with Gasteiger partial charge in [-0.15, -0.1) is 0 Å². The number of anilines is 3. The molecule has 2 aromatic heterocycles. The summed E-state index contributed by atoms with van der Waals surface area (Å²) in [5.74, 6) is 0. The molecule has 2 aliphatic carbocycles. The minimum atomic E-state index is -0.237. The van der Waals surface area contributed by atoms with Gasteiger partial charge in [0.1, 0.15) is 0 Å². The van der Waals surface area contributed by atoms with Gasteiger partial charge in [0, 0.05) is 55.2 Å². The first-order valence-corrected chi connectivity index (χ1v) is 27.7. The van der Waals surface area contributed by atoms with Crippen LogP contribution < -0.4 is 21.3 Å². The van der Waals surface area contributed by atoms with E-state index in [2.05, 4.69) is 264 Å². The third-order valence-electron chi connectivity index (χ3n) is 18.7. The fourth-order valence-electron chi connectivity index (χ4n) is 15.2.